The van der Waals surface area contributed by atoms with Crippen molar-refractivity contribution in [3.8, 4) is 0 Å². The lowest BCUT2D eigenvalue weighted by Gasteiger charge is -2.26. The average molecular weight is 239 g/mol. The summed E-state index contributed by atoms with van der Waals surface area (Å²) in [5.41, 5.74) is -1.10. The van der Waals surface area contributed by atoms with Crippen LogP contribution in [0.1, 0.15) is 19.2 Å². The van der Waals surface area contributed by atoms with E-state index in [1.807, 2.05) is 6.92 Å². The van der Waals surface area contributed by atoms with Gasteiger partial charge in [-0.2, -0.15) is 0 Å². The van der Waals surface area contributed by atoms with Crippen molar-refractivity contribution < 1.29 is 9.84 Å². The molecule has 6 heteroatoms. The van der Waals surface area contributed by atoms with Gasteiger partial charge in [0.15, 0.2) is 0 Å². The lowest BCUT2D eigenvalue weighted by Crippen LogP contribution is -2.43. The van der Waals surface area contributed by atoms with Gasteiger partial charge in [-0.1, -0.05) is 0 Å². The first-order valence-corrected chi connectivity index (χ1v) is 5.65. The summed E-state index contributed by atoms with van der Waals surface area (Å²) in [5.74, 6) is 1.02. The molecule has 6 nitrogen and oxygen atoms in total. The van der Waals surface area contributed by atoms with Gasteiger partial charge in [0.1, 0.15) is 17.2 Å². The molecular formula is C11H17N3O3. The number of aliphatic hydroxyl groups is 1. The van der Waals surface area contributed by atoms with Crippen LogP contribution in [0.3, 0.4) is 0 Å². The Morgan fingerprint density at radius 1 is 1.76 bits per heavy atom. The molecule has 0 aliphatic carbocycles. The van der Waals surface area contributed by atoms with E-state index in [0.29, 0.717) is 31.2 Å². The molecule has 1 fully saturated rings. The van der Waals surface area contributed by atoms with Gasteiger partial charge in [0, 0.05) is 25.6 Å². The molecule has 0 amide bonds. The Kier molecular flexibility index (Phi) is 3.17. The molecule has 1 aromatic rings. The maximum Gasteiger partial charge on any atom is 0.252 e. The lowest BCUT2D eigenvalue weighted by atomic mass is 9.97. The number of rotatable bonds is 3. The molecule has 0 aromatic carbocycles. The highest BCUT2D eigenvalue weighted by molar-refractivity contribution is 5.33. The highest BCUT2D eigenvalue weighted by Crippen LogP contribution is 2.25. The van der Waals surface area contributed by atoms with Crippen molar-refractivity contribution in [2.24, 2.45) is 0 Å². The second-order valence-electron chi connectivity index (χ2n) is 4.44. The van der Waals surface area contributed by atoms with Crippen LogP contribution in [0, 0.1) is 6.92 Å². The first-order chi connectivity index (χ1) is 7.99. The Hall–Kier alpha value is -1.40. The van der Waals surface area contributed by atoms with Gasteiger partial charge in [0.2, 0.25) is 0 Å². The Labute approximate surface area is 99.0 Å². The van der Waals surface area contributed by atoms with Crippen molar-refractivity contribution in [3.63, 3.8) is 0 Å². The summed E-state index contributed by atoms with van der Waals surface area (Å²) in [7, 11) is 0. The van der Waals surface area contributed by atoms with E-state index in [-0.39, 0.29) is 11.7 Å². The smallest absolute Gasteiger partial charge is 0.252 e. The van der Waals surface area contributed by atoms with E-state index in [1.54, 1.807) is 6.92 Å². The number of hydrogen-bond acceptors (Lipinski definition) is 5. The standard InChI is InChI=1S/C11H17N3O3/c1-7-11(16,3-4-17-7)6-12-9-5-10(15)14-8(2)13-9/h5,7,16H,3-4,6H2,1-2H3,(H2,12,13,14,15). The van der Waals surface area contributed by atoms with Crippen LogP contribution in [0.4, 0.5) is 5.82 Å². The quantitative estimate of drug-likeness (QED) is 0.692. The number of aromatic nitrogens is 2. The third-order valence-electron chi connectivity index (χ3n) is 3.10. The molecule has 17 heavy (non-hydrogen) atoms. The van der Waals surface area contributed by atoms with Crippen molar-refractivity contribution in [2.45, 2.75) is 32.0 Å². The molecule has 2 unspecified atom stereocenters. The Morgan fingerprint density at radius 2 is 2.53 bits per heavy atom. The fourth-order valence-electron chi connectivity index (χ4n) is 1.92. The van der Waals surface area contributed by atoms with Gasteiger partial charge in [-0.3, -0.25) is 4.79 Å². The summed E-state index contributed by atoms with van der Waals surface area (Å²) in [5, 5.41) is 13.2. The van der Waals surface area contributed by atoms with E-state index in [2.05, 4.69) is 15.3 Å². The number of aryl methyl sites for hydroxylation is 1. The largest absolute Gasteiger partial charge is 0.385 e. The van der Waals surface area contributed by atoms with E-state index in [1.165, 1.54) is 6.07 Å². The summed E-state index contributed by atoms with van der Waals surface area (Å²) in [6.07, 6.45) is 0.377. The highest BCUT2D eigenvalue weighted by atomic mass is 16.5. The fraction of sp³-hybridized carbons (Fsp3) is 0.636. The van der Waals surface area contributed by atoms with Crippen molar-refractivity contribution in [1.29, 1.82) is 0 Å². The number of aromatic amines is 1. The zero-order valence-electron chi connectivity index (χ0n) is 9.99. The van der Waals surface area contributed by atoms with Gasteiger partial charge in [-0.05, 0) is 13.8 Å². The van der Waals surface area contributed by atoms with Gasteiger partial charge in [0.05, 0.1) is 6.10 Å². The zero-order valence-corrected chi connectivity index (χ0v) is 9.99. The van der Waals surface area contributed by atoms with Crippen molar-refractivity contribution in [2.75, 3.05) is 18.5 Å². The topological polar surface area (TPSA) is 87.2 Å². The monoisotopic (exact) mass is 239 g/mol. The summed E-state index contributed by atoms with van der Waals surface area (Å²) in [6, 6.07) is 1.37. The number of anilines is 1. The van der Waals surface area contributed by atoms with E-state index >= 15 is 0 Å². The second kappa shape index (κ2) is 4.46. The first kappa shape index (κ1) is 12.1. The lowest BCUT2D eigenvalue weighted by molar-refractivity contribution is -0.0176. The molecule has 3 N–H and O–H groups in total. The van der Waals surface area contributed by atoms with Gasteiger partial charge >= 0.3 is 0 Å². The molecule has 0 bridgehead atoms. The van der Waals surface area contributed by atoms with Gasteiger partial charge in [-0.25, -0.2) is 4.98 Å². The van der Waals surface area contributed by atoms with Crippen LogP contribution >= 0.6 is 0 Å². The van der Waals surface area contributed by atoms with Crippen LogP contribution in [-0.2, 0) is 4.74 Å². The summed E-state index contributed by atoms with van der Waals surface area (Å²) >= 11 is 0. The predicted molar refractivity (Wildman–Crippen MR) is 63.1 cm³/mol. The summed E-state index contributed by atoms with van der Waals surface area (Å²) in [6.45, 7) is 4.43. The minimum atomic E-state index is -0.891. The van der Waals surface area contributed by atoms with Crippen molar-refractivity contribution in [3.05, 3.63) is 22.2 Å². The molecule has 2 atom stereocenters. The fourth-order valence-corrected chi connectivity index (χ4v) is 1.92. The third kappa shape index (κ3) is 2.65. The Bertz CT molecular complexity index is 460. The van der Waals surface area contributed by atoms with Crippen molar-refractivity contribution in [1.82, 2.24) is 9.97 Å². The summed E-state index contributed by atoms with van der Waals surface area (Å²) < 4.78 is 5.33. The number of nitrogens with one attached hydrogen (secondary N) is 2. The molecule has 1 saturated heterocycles. The molecule has 2 rings (SSSR count). The van der Waals surface area contributed by atoms with Crippen LogP contribution < -0.4 is 10.9 Å². The van der Waals surface area contributed by atoms with Crippen LogP contribution in [0.5, 0.6) is 0 Å². The number of ether oxygens (including phenoxy) is 1. The zero-order chi connectivity index (χ0) is 12.5. The van der Waals surface area contributed by atoms with E-state index in [9.17, 15) is 9.90 Å². The molecule has 0 radical (unpaired) electrons. The third-order valence-corrected chi connectivity index (χ3v) is 3.10. The van der Waals surface area contributed by atoms with E-state index in [0.717, 1.165) is 0 Å². The second-order valence-corrected chi connectivity index (χ2v) is 4.44. The average Bonchev–Trinajstić information content (AvgIpc) is 2.56. The molecular weight excluding hydrogens is 222 g/mol. The van der Waals surface area contributed by atoms with E-state index in [4.69, 9.17) is 4.74 Å². The van der Waals surface area contributed by atoms with Crippen molar-refractivity contribution >= 4 is 5.82 Å². The normalized spacial score (nSPS) is 28.3. The van der Waals surface area contributed by atoms with Gasteiger partial charge < -0.3 is 20.1 Å². The molecule has 1 aliphatic rings. The van der Waals surface area contributed by atoms with Crippen LogP contribution in [0.2, 0.25) is 0 Å². The Balaban J connectivity index is 2.04. The number of H-pyrrole nitrogens is 1. The van der Waals surface area contributed by atoms with Gasteiger partial charge in [0.25, 0.3) is 5.56 Å². The molecule has 1 aliphatic heterocycles. The van der Waals surface area contributed by atoms with Crippen LogP contribution in [0.15, 0.2) is 10.9 Å². The Morgan fingerprint density at radius 3 is 3.12 bits per heavy atom. The highest BCUT2D eigenvalue weighted by Gasteiger charge is 2.39. The maximum absolute atomic E-state index is 11.2. The van der Waals surface area contributed by atoms with Crippen LogP contribution in [0.25, 0.3) is 0 Å². The first-order valence-electron chi connectivity index (χ1n) is 5.65. The molecule has 94 valence electrons. The molecule has 1 aromatic heterocycles. The number of nitrogens with zero attached hydrogens (tertiary/aromatic N) is 1. The maximum atomic E-state index is 11.2. The van der Waals surface area contributed by atoms with Gasteiger partial charge in [-0.15, -0.1) is 0 Å². The molecule has 0 spiro atoms. The minimum absolute atomic E-state index is 0.206. The van der Waals surface area contributed by atoms with E-state index < -0.39 is 5.60 Å². The number of hydrogen-bond donors (Lipinski definition) is 3. The van der Waals surface area contributed by atoms with Crippen LogP contribution in [-0.4, -0.2) is 39.9 Å². The predicted octanol–water partition coefficient (Wildman–Crippen LogP) is 0.0301. The minimum Gasteiger partial charge on any atom is -0.385 e. The molecule has 0 saturated carbocycles. The molecule has 2 heterocycles. The SMILES string of the molecule is Cc1nc(NCC2(O)CCOC2C)cc(=O)[nH]1. The summed E-state index contributed by atoms with van der Waals surface area (Å²) in [4.78, 5) is 17.9.